The molecule has 0 amide bonds. The first-order valence-electron chi connectivity index (χ1n) is 13.3. The maximum atomic E-state index is 16.2. The van der Waals surface area contributed by atoms with Gasteiger partial charge in [0.15, 0.2) is 5.82 Å². The third-order valence-electron chi connectivity index (χ3n) is 7.67. The first kappa shape index (κ1) is 23.9. The van der Waals surface area contributed by atoms with Crippen LogP contribution in [0.4, 0.5) is 10.1 Å². The van der Waals surface area contributed by atoms with Crippen LogP contribution in [-0.2, 0) is 5.54 Å². The molecule has 7 aromatic rings. The van der Waals surface area contributed by atoms with Crippen molar-refractivity contribution in [1.29, 1.82) is 0 Å². The summed E-state index contributed by atoms with van der Waals surface area (Å²) < 4.78 is 18.1. The second-order valence-electron chi connectivity index (χ2n) is 10.0. The van der Waals surface area contributed by atoms with Gasteiger partial charge < -0.3 is 5.73 Å². The predicted molar refractivity (Wildman–Crippen MR) is 162 cm³/mol. The minimum atomic E-state index is -0.964. The molecular formula is C36H26FN3. The molecule has 0 radical (unpaired) electrons. The van der Waals surface area contributed by atoms with Crippen LogP contribution in [0, 0.1) is 5.82 Å². The number of hydrogen-bond acceptors (Lipinski definition) is 2. The average molecular weight is 520 g/mol. The van der Waals surface area contributed by atoms with Gasteiger partial charge in [-0.3, -0.25) is 0 Å². The average Bonchev–Trinajstić information content (AvgIpc) is 3.39. The van der Waals surface area contributed by atoms with E-state index in [1.807, 2.05) is 83.5 Å². The molecular weight excluding hydrogens is 493 g/mol. The topological polar surface area (TPSA) is 43.8 Å². The van der Waals surface area contributed by atoms with E-state index in [0.717, 1.165) is 33.0 Å². The number of halogens is 1. The monoisotopic (exact) mass is 519 g/mol. The van der Waals surface area contributed by atoms with Gasteiger partial charge in [-0.25, -0.2) is 9.07 Å². The van der Waals surface area contributed by atoms with Crippen molar-refractivity contribution in [2.24, 2.45) is 0 Å². The fraction of sp³-hybridized carbons (Fsp3) is 0.0278. The summed E-state index contributed by atoms with van der Waals surface area (Å²) in [6.07, 6.45) is 0. The molecule has 0 unspecified atom stereocenters. The van der Waals surface area contributed by atoms with E-state index in [1.165, 1.54) is 6.07 Å². The highest BCUT2D eigenvalue weighted by atomic mass is 19.1. The number of hydrogen-bond donors (Lipinski definition) is 1. The lowest BCUT2D eigenvalue weighted by Crippen LogP contribution is -2.38. The Labute approximate surface area is 232 Å². The number of benzene rings is 6. The summed E-state index contributed by atoms with van der Waals surface area (Å²) >= 11 is 0. The van der Waals surface area contributed by atoms with Crippen LogP contribution >= 0.6 is 0 Å². The lowest BCUT2D eigenvalue weighted by molar-refractivity contribution is 0.469. The molecule has 0 spiro atoms. The van der Waals surface area contributed by atoms with E-state index < -0.39 is 11.4 Å². The van der Waals surface area contributed by atoms with Gasteiger partial charge in [0.2, 0.25) is 0 Å². The zero-order valence-corrected chi connectivity index (χ0v) is 21.7. The number of anilines is 1. The third kappa shape index (κ3) is 3.69. The maximum absolute atomic E-state index is 16.2. The van der Waals surface area contributed by atoms with E-state index >= 15 is 4.39 Å². The SMILES string of the molecule is Nc1cc(F)c2c(c1)c(-c1ccc3ccccc3c1)nn2C(c1ccccc1)(c1ccccc1)c1ccccc1. The van der Waals surface area contributed by atoms with Crippen LogP contribution in [0.25, 0.3) is 32.9 Å². The molecule has 0 saturated carbocycles. The molecule has 0 aliphatic carbocycles. The molecule has 0 aliphatic rings. The second kappa shape index (κ2) is 9.51. The van der Waals surface area contributed by atoms with Gasteiger partial charge in [-0.2, -0.15) is 5.10 Å². The zero-order chi connectivity index (χ0) is 27.1. The Hall–Kier alpha value is -5.22. The van der Waals surface area contributed by atoms with Crippen LogP contribution in [0.15, 0.2) is 146 Å². The van der Waals surface area contributed by atoms with E-state index in [9.17, 15) is 0 Å². The highest BCUT2D eigenvalue weighted by Crippen LogP contribution is 2.45. The van der Waals surface area contributed by atoms with Gasteiger partial charge in [0.05, 0.1) is 0 Å². The van der Waals surface area contributed by atoms with Crippen molar-refractivity contribution < 1.29 is 4.39 Å². The van der Waals surface area contributed by atoms with E-state index in [-0.39, 0.29) is 0 Å². The summed E-state index contributed by atoms with van der Waals surface area (Å²) in [5, 5.41) is 8.18. The van der Waals surface area contributed by atoms with Gasteiger partial charge in [-0.15, -0.1) is 0 Å². The standard InChI is InChI=1S/C36H26FN3/c37-33-24-31(38)23-32-34(27-21-20-25-12-10-11-13-26(25)22-27)39-40(35(32)33)36(28-14-4-1-5-15-28,29-16-6-2-7-17-29)30-18-8-3-9-19-30/h1-24H,38H2. The highest BCUT2D eigenvalue weighted by Gasteiger charge is 2.41. The molecule has 6 aromatic carbocycles. The Morgan fingerprint density at radius 2 is 1.10 bits per heavy atom. The second-order valence-corrected chi connectivity index (χ2v) is 10.0. The van der Waals surface area contributed by atoms with E-state index in [1.54, 1.807) is 0 Å². The predicted octanol–water partition coefficient (Wildman–Crippen LogP) is 8.42. The summed E-state index contributed by atoms with van der Waals surface area (Å²) in [7, 11) is 0. The number of nitrogen functional groups attached to an aromatic ring is 1. The lowest BCUT2D eigenvalue weighted by atomic mass is 9.77. The summed E-state index contributed by atoms with van der Waals surface area (Å²) in [5.41, 5.74) is 10.5. The molecule has 0 bridgehead atoms. The van der Waals surface area contributed by atoms with E-state index in [4.69, 9.17) is 10.8 Å². The Bertz CT molecular complexity index is 1870. The van der Waals surface area contributed by atoms with Crippen molar-refractivity contribution in [3.63, 3.8) is 0 Å². The maximum Gasteiger partial charge on any atom is 0.151 e. The lowest BCUT2D eigenvalue weighted by Gasteiger charge is -2.37. The van der Waals surface area contributed by atoms with E-state index in [2.05, 4.69) is 60.7 Å². The van der Waals surface area contributed by atoms with Crippen molar-refractivity contribution in [2.75, 3.05) is 5.73 Å². The van der Waals surface area contributed by atoms with Gasteiger partial charge in [-0.05, 0) is 45.7 Å². The van der Waals surface area contributed by atoms with Gasteiger partial charge >= 0.3 is 0 Å². The molecule has 40 heavy (non-hydrogen) atoms. The van der Waals surface area contributed by atoms with Gasteiger partial charge in [0.1, 0.15) is 16.7 Å². The molecule has 192 valence electrons. The summed E-state index contributed by atoms with van der Waals surface area (Å²) in [5.74, 6) is -0.415. The molecule has 3 nitrogen and oxygen atoms in total. The molecule has 7 rings (SSSR count). The van der Waals surface area contributed by atoms with Gasteiger partial charge in [0, 0.05) is 16.6 Å². The molecule has 0 aliphatic heterocycles. The molecule has 0 saturated heterocycles. The Morgan fingerprint density at radius 1 is 0.575 bits per heavy atom. The van der Waals surface area contributed by atoms with Crippen LogP contribution in [0.3, 0.4) is 0 Å². The molecule has 1 heterocycles. The quantitative estimate of drug-likeness (QED) is 0.183. The largest absolute Gasteiger partial charge is 0.399 e. The van der Waals surface area contributed by atoms with Crippen LogP contribution < -0.4 is 5.73 Å². The number of fused-ring (bicyclic) bond motifs is 2. The van der Waals surface area contributed by atoms with E-state index in [0.29, 0.717) is 22.3 Å². The minimum Gasteiger partial charge on any atom is -0.399 e. The van der Waals surface area contributed by atoms with Gasteiger partial charge in [0.25, 0.3) is 0 Å². The number of nitrogens with zero attached hydrogens (tertiary/aromatic N) is 2. The Balaban J connectivity index is 1.65. The van der Waals surface area contributed by atoms with Crippen LogP contribution in [0.2, 0.25) is 0 Å². The van der Waals surface area contributed by atoms with Crippen molar-refractivity contribution in [2.45, 2.75) is 5.54 Å². The number of rotatable bonds is 5. The highest BCUT2D eigenvalue weighted by molar-refractivity contribution is 5.98. The zero-order valence-electron chi connectivity index (χ0n) is 21.7. The Morgan fingerprint density at radius 3 is 1.68 bits per heavy atom. The summed E-state index contributed by atoms with van der Waals surface area (Å²) in [4.78, 5) is 0. The fourth-order valence-corrected chi connectivity index (χ4v) is 5.92. The first-order chi connectivity index (χ1) is 19.7. The van der Waals surface area contributed by atoms with Crippen LogP contribution in [0.1, 0.15) is 16.7 Å². The van der Waals surface area contributed by atoms with Gasteiger partial charge in [-0.1, -0.05) is 127 Å². The molecule has 4 heteroatoms. The molecule has 2 N–H and O–H groups in total. The van der Waals surface area contributed by atoms with Crippen LogP contribution in [0.5, 0.6) is 0 Å². The summed E-state index contributed by atoms with van der Waals surface area (Å²) in [6.45, 7) is 0. The molecule has 1 aromatic heterocycles. The molecule has 0 fully saturated rings. The summed E-state index contributed by atoms with van der Waals surface area (Å²) in [6, 6.07) is 48.2. The fourth-order valence-electron chi connectivity index (χ4n) is 5.92. The normalized spacial score (nSPS) is 11.7. The van der Waals surface area contributed by atoms with Crippen molar-refractivity contribution in [3.05, 3.63) is 168 Å². The molecule has 0 atom stereocenters. The van der Waals surface area contributed by atoms with Crippen LogP contribution in [-0.4, -0.2) is 9.78 Å². The van der Waals surface area contributed by atoms with Crippen molar-refractivity contribution in [3.8, 4) is 11.3 Å². The smallest absolute Gasteiger partial charge is 0.151 e. The first-order valence-corrected chi connectivity index (χ1v) is 13.3. The number of nitrogens with two attached hydrogens (primary N) is 1. The van der Waals surface area contributed by atoms with Crippen molar-refractivity contribution >= 4 is 27.4 Å². The third-order valence-corrected chi connectivity index (χ3v) is 7.67. The Kier molecular flexibility index (Phi) is 5.67. The minimum absolute atomic E-state index is 0.358. The number of aromatic nitrogens is 2. The van der Waals surface area contributed by atoms with Crippen molar-refractivity contribution in [1.82, 2.24) is 9.78 Å².